The molecule has 0 radical (unpaired) electrons. The number of ether oxygens (including phenoxy) is 1. The van der Waals surface area contributed by atoms with Crippen LogP contribution in [0.15, 0.2) is 28.7 Å². The highest BCUT2D eigenvalue weighted by Crippen LogP contribution is 2.26. The van der Waals surface area contributed by atoms with Crippen molar-refractivity contribution >= 4 is 5.91 Å². The Labute approximate surface area is 148 Å². The third-order valence-electron chi connectivity index (χ3n) is 4.65. The maximum atomic E-state index is 12.3. The van der Waals surface area contributed by atoms with Crippen molar-refractivity contribution in [1.82, 2.24) is 15.5 Å². The fraction of sp³-hybridized carbons (Fsp3) is 0.526. The van der Waals surface area contributed by atoms with Crippen molar-refractivity contribution in [2.45, 2.75) is 45.6 Å². The monoisotopic (exact) mass is 343 g/mol. The molecule has 1 amide bonds. The summed E-state index contributed by atoms with van der Waals surface area (Å²) in [4.78, 5) is 12.3. The summed E-state index contributed by atoms with van der Waals surface area (Å²) < 4.78 is 11.3. The number of hydrogen-bond donors (Lipinski definition) is 1. The van der Waals surface area contributed by atoms with E-state index in [9.17, 15) is 4.79 Å². The standard InChI is InChI=1S/C19H25N3O3/c1-13-6-3-4-9-17(13)24-11-10-20-18(23)15-7-5-8-16(12-15)19-22-21-14(2)25-19/h5,7-8,12-13,17H,3-4,6,9-11H2,1-2H3,(H,20,23)/t13-,17-/m0/s1. The van der Waals surface area contributed by atoms with Crippen LogP contribution in [0, 0.1) is 12.8 Å². The van der Waals surface area contributed by atoms with Crippen molar-refractivity contribution in [3.8, 4) is 11.5 Å². The van der Waals surface area contributed by atoms with E-state index in [0.717, 1.165) is 12.0 Å². The van der Waals surface area contributed by atoms with Gasteiger partial charge >= 0.3 is 0 Å². The molecule has 2 aromatic rings. The number of carbonyl (C=O) groups is 1. The van der Waals surface area contributed by atoms with Crippen LogP contribution >= 0.6 is 0 Å². The van der Waals surface area contributed by atoms with Gasteiger partial charge in [0.25, 0.3) is 5.91 Å². The lowest BCUT2D eigenvalue weighted by Gasteiger charge is -2.28. The molecule has 1 aliphatic rings. The topological polar surface area (TPSA) is 77.2 Å². The summed E-state index contributed by atoms with van der Waals surface area (Å²) in [6, 6.07) is 7.18. The van der Waals surface area contributed by atoms with Crippen LogP contribution in [0.1, 0.15) is 48.9 Å². The Hall–Kier alpha value is -2.21. The third-order valence-corrected chi connectivity index (χ3v) is 4.65. The average molecular weight is 343 g/mol. The molecule has 0 saturated heterocycles. The van der Waals surface area contributed by atoms with Crippen LogP contribution in [-0.2, 0) is 4.74 Å². The molecule has 1 aromatic heterocycles. The molecule has 0 aliphatic heterocycles. The van der Waals surface area contributed by atoms with Crippen LogP contribution in [0.5, 0.6) is 0 Å². The maximum Gasteiger partial charge on any atom is 0.251 e. The van der Waals surface area contributed by atoms with Crippen molar-refractivity contribution in [2.75, 3.05) is 13.2 Å². The lowest BCUT2D eigenvalue weighted by Crippen LogP contribution is -2.31. The molecule has 3 rings (SSSR count). The van der Waals surface area contributed by atoms with Crippen LogP contribution in [0.2, 0.25) is 0 Å². The summed E-state index contributed by atoms with van der Waals surface area (Å²) in [5.41, 5.74) is 1.31. The second-order valence-electron chi connectivity index (χ2n) is 6.63. The predicted octanol–water partition coefficient (Wildman–Crippen LogP) is 3.37. The first-order valence-corrected chi connectivity index (χ1v) is 8.94. The molecule has 1 fully saturated rings. The van der Waals surface area contributed by atoms with Gasteiger partial charge in [-0.3, -0.25) is 4.79 Å². The minimum Gasteiger partial charge on any atom is -0.421 e. The highest BCUT2D eigenvalue weighted by Gasteiger charge is 2.21. The summed E-state index contributed by atoms with van der Waals surface area (Å²) in [6.07, 6.45) is 5.23. The number of hydrogen-bond acceptors (Lipinski definition) is 5. The SMILES string of the molecule is Cc1nnc(-c2cccc(C(=O)NCCO[C@H]3CCCC[C@@H]3C)c2)o1. The number of benzene rings is 1. The van der Waals surface area contributed by atoms with Gasteiger partial charge in [-0.05, 0) is 37.0 Å². The molecule has 1 saturated carbocycles. The fourth-order valence-corrected chi connectivity index (χ4v) is 3.21. The number of rotatable bonds is 6. The Balaban J connectivity index is 1.50. The summed E-state index contributed by atoms with van der Waals surface area (Å²) in [5.74, 6) is 1.40. The van der Waals surface area contributed by atoms with Crippen LogP contribution < -0.4 is 5.32 Å². The van der Waals surface area contributed by atoms with Gasteiger partial charge in [-0.15, -0.1) is 10.2 Å². The van der Waals surface area contributed by atoms with Gasteiger partial charge in [0.2, 0.25) is 11.8 Å². The number of aryl methyl sites for hydroxylation is 1. The van der Waals surface area contributed by atoms with Gasteiger partial charge in [0.15, 0.2) is 0 Å². The molecular weight excluding hydrogens is 318 g/mol. The zero-order valence-corrected chi connectivity index (χ0v) is 14.8. The van der Waals surface area contributed by atoms with Crippen molar-refractivity contribution in [3.63, 3.8) is 0 Å². The van der Waals surface area contributed by atoms with Crippen molar-refractivity contribution < 1.29 is 13.9 Å². The Morgan fingerprint density at radius 2 is 2.16 bits per heavy atom. The Kier molecular flexibility index (Phi) is 5.81. The minimum absolute atomic E-state index is 0.127. The second kappa shape index (κ2) is 8.25. The second-order valence-corrected chi connectivity index (χ2v) is 6.63. The van der Waals surface area contributed by atoms with Crippen LogP contribution in [0.25, 0.3) is 11.5 Å². The molecular formula is C19H25N3O3. The average Bonchev–Trinajstić information content (AvgIpc) is 3.06. The van der Waals surface area contributed by atoms with Gasteiger partial charge in [-0.25, -0.2) is 0 Å². The first-order chi connectivity index (χ1) is 12.1. The molecule has 6 nitrogen and oxygen atoms in total. The van der Waals surface area contributed by atoms with Crippen molar-refractivity contribution in [3.05, 3.63) is 35.7 Å². The number of aromatic nitrogens is 2. The van der Waals surface area contributed by atoms with Crippen LogP contribution in [-0.4, -0.2) is 35.4 Å². The number of carbonyl (C=O) groups excluding carboxylic acids is 1. The predicted molar refractivity (Wildman–Crippen MR) is 94.2 cm³/mol. The fourth-order valence-electron chi connectivity index (χ4n) is 3.21. The highest BCUT2D eigenvalue weighted by molar-refractivity contribution is 5.95. The van der Waals surface area contributed by atoms with E-state index < -0.39 is 0 Å². The van der Waals surface area contributed by atoms with Crippen molar-refractivity contribution in [2.24, 2.45) is 5.92 Å². The van der Waals surface area contributed by atoms with E-state index in [1.54, 1.807) is 19.1 Å². The first kappa shape index (κ1) is 17.6. The molecule has 134 valence electrons. The smallest absolute Gasteiger partial charge is 0.251 e. The maximum absolute atomic E-state index is 12.3. The Morgan fingerprint density at radius 1 is 1.32 bits per heavy atom. The Bertz CT molecular complexity index is 713. The number of amides is 1. The summed E-state index contributed by atoms with van der Waals surface area (Å²) in [6.45, 7) is 5.03. The molecule has 1 aromatic carbocycles. The minimum atomic E-state index is -0.127. The van der Waals surface area contributed by atoms with E-state index in [2.05, 4.69) is 22.4 Å². The van der Waals surface area contributed by atoms with Crippen LogP contribution in [0.3, 0.4) is 0 Å². The molecule has 1 heterocycles. The van der Waals surface area contributed by atoms with Gasteiger partial charge in [0.1, 0.15) is 0 Å². The van der Waals surface area contributed by atoms with Gasteiger partial charge in [0, 0.05) is 24.6 Å². The summed E-state index contributed by atoms with van der Waals surface area (Å²) >= 11 is 0. The first-order valence-electron chi connectivity index (χ1n) is 8.94. The van der Waals surface area contributed by atoms with E-state index in [4.69, 9.17) is 9.15 Å². The lowest BCUT2D eigenvalue weighted by molar-refractivity contribution is -0.00293. The van der Waals surface area contributed by atoms with Gasteiger partial charge in [0.05, 0.1) is 12.7 Å². The van der Waals surface area contributed by atoms with Gasteiger partial charge in [-0.1, -0.05) is 25.8 Å². The Morgan fingerprint density at radius 3 is 2.92 bits per heavy atom. The van der Waals surface area contributed by atoms with E-state index in [-0.39, 0.29) is 5.91 Å². The molecule has 0 spiro atoms. The number of nitrogens with one attached hydrogen (secondary N) is 1. The largest absolute Gasteiger partial charge is 0.421 e. The van der Waals surface area contributed by atoms with Gasteiger partial charge in [-0.2, -0.15) is 0 Å². The van der Waals surface area contributed by atoms with Crippen LogP contribution in [0.4, 0.5) is 0 Å². The third kappa shape index (κ3) is 4.66. The summed E-state index contributed by atoms with van der Waals surface area (Å²) in [5, 5.41) is 10.7. The molecule has 0 unspecified atom stereocenters. The van der Waals surface area contributed by atoms with E-state index in [1.165, 1.54) is 19.3 Å². The van der Waals surface area contributed by atoms with E-state index in [0.29, 0.717) is 42.5 Å². The molecule has 2 atom stereocenters. The zero-order chi connectivity index (χ0) is 17.6. The molecule has 1 aliphatic carbocycles. The van der Waals surface area contributed by atoms with Crippen molar-refractivity contribution in [1.29, 1.82) is 0 Å². The van der Waals surface area contributed by atoms with E-state index >= 15 is 0 Å². The summed E-state index contributed by atoms with van der Waals surface area (Å²) in [7, 11) is 0. The highest BCUT2D eigenvalue weighted by atomic mass is 16.5. The quantitative estimate of drug-likeness (QED) is 0.814. The molecule has 6 heteroatoms. The molecule has 1 N–H and O–H groups in total. The normalized spacial score (nSPS) is 20.4. The van der Waals surface area contributed by atoms with Gasteiger partial charge < -0.3 is 14.5 Å². The zero-order valence-electron chi connectivity index (χ0n) is 14.8. The lowest BCUT2D eigenvalue weighted by atomic mass is 9.88. The molecule has 0 bridgehead atoms. The number of nitrogens with zero attached hydrogens (tertiary/aromatic N) is 2. The molecule has 25 heavy (non-hydrogen) atoms. The van der Waals surface area contributed by atoms with E-state index in [1.807, 2.05) is 12.1 Å².